The van der Waals surface area contributed by atoms with E-state index in [0.29, 0.717) is 12.3 Å². The van der Waals surface area contributed by atoms with E-state index in [1.165, 1.54) is 10.8 Å². The topological polar surface area (TPSA) is 51.5 Å². The number of amides is 1. The van der Waals surface area contributed by atoms with Gasteiger partial charge in [-0.1, -0.05) is 42.5 Å². The number of fused-ring (bicyclic) bond motifs is 2. The number of methoxy groups -OCH3 is 1. The van der Waals surface area contributed by atoms with Crippen LogP contribution in [-0.4, -0.2) is 19.6 Å². The molecule has 0 atom stereocenters. The van der Waals surface area contributed by atoms with Crippen molar-refractivity contribution < 1.29 is 13.9 Å². The van der Waals surface area contributed by atoms with Gasteiger partial charge in [0.15, 0.2) is 0 Å². The van der Waals surface area contributed by atoms with Crippen LogP contribution in [0.5, 0.6) is 5.75 Å². The molecule has 0 fully saturated rings. The van der Waals surface area contributed by atoms with Gasteiger partial charge in [0, 0.05) is 34.7 Å². The van der Waals surface area contributed by atoms with Crippen molar-refractivity contribution in [3.8, 4) is 16.9 Å². The van der Waals surface area contributed by atoms with Crippen LogP contribution < -0.4 is 10.1 Å². The predicted octanol–water partition coefficient (Wildman–Crippen LogP) is 6.28. The zero-order chi connectivity index (χ0) is 22.0. The van der Waals surface area contributed by atoms with Gasteiger partial charge in [-0.15, -0.1) is 6.58 Å². The molecule has 31 heavy (non-hydrogen) atoms. The second kappa shape index (κ2) is 8.52. The lowest BCUT2D eigenvalue weighted by molar-refractivity contribution is -0.116. The van der Waals surface area contributed by atoms with Crippen molar-refractivity contribution in [3.63, 3.8) is 0 Å². The maximum Gasteiger partial charge on any atom is 0.244 e. The van der Waals surface area contributed by atoms with Crippen molar-refractivity contribution in [1.29, 1.82) is 0 Å². The van der Waals surface area contributed by atoms with E-state index < -0.39 is 0 Å². The van der Waals surface area contributed by atoms with Crippen LogP contribution in [0.4, 0.5) is 0 Å². The summed E-state index contributed by atoms with van der Waals surface area (Å²) in [6.07, 6.45) is 5.03. The van der Waals surface area contributed by atoms with Gasteiger partial charge in [0.2, 0.25) is 5.91 Å². The van der Waals surface area contributed by atoms with E-state index in [9.17, 15) is 4.79 Å². The predicted molar refractivity (Wildman–Crippen MR) is 127 cm³/mol. The van der Waals surface area contributed by atoms with Gasteiger partial charge in [0.25, 0.3) is 0 Å². The molecule has 4 heteroatoms. The molecule has 0 saturated heterocycles. The summed E-state index contributed by atoms with van der Waals surface area (Å²) >= 11 is 0. The maximum atomic E-state index is 12.2. The van der Waals surface area contributed by atoms with Crippen LogP contribution in [0.25, 0.3) is 38.4 Å². The Morgan fingerprint density at radius 3 is 2.68 bits per heavy atom. The highest BCUT2D eigenvalue weighted by molar-refractivity contribution is 6.02. The number of nitrogens with one attached hydrogen (secondary N) is 1. The molecule has 0 radical (unpaired) electrons. The summed E-state index contributed by atoms with van der Waals surface area (Å²) in [5, 5.41) is 6.14. The number of carbonyl (C=O) groups is 1. The van der Waals surface area contributed by atoms with E-state index in [0.717, 1.165) is 38.8 Å². The summed E-state index contributed by atoms with van der Waals surface area (Å²) in [6.45, 7) is 7.94. The first kappa shape index (κ1) is 20.5. The fraction of sp³-hybridized carbons (Fsp3) is 0.148. The quantitative estimate of drug-likeness (QED) is 0.300. The highest BCUT2D eigenvalue weighted by Gasteiger charge is 2.19. The fourth-order valence-electron chi connectivity index (χ4n) is 3.95. The smallest absolute Gasteiger partial charge is 0.244 e. The molecule has 1 N–H and O–H groups in total. The first-order valence-corrected chi connectivity index (χ1v) is 10.2. The van der Waals surface area contributed by atoms with E-state index in [1.54, 1.807) is 25.5 Å². The van der Waals surface area contributed by atoms with E-state index in [-0.39, 0.29) is 5.91 Å². The van der Waals surface area contributed by atoms with Crippen LogP contribution in [0.1, 0.15) is 18.1 Å². The monoisotopic (exact) mass is 411 g/mol. The Kier molecular flexibility index (Phi) is 5.63. The summed E-state index contributed by atoms with van der Waals surface area (Å²) in [6, 6.07) is 16.7. The van der Waals surface area contributed by atoms with Gasteiger partial charge in [0.05, 0.1) is 13.4 Å². The van der Waals surface area contributed by atoms with Crippen LogP contribution in [0.3, 0.4) is 0 Å². The van der Waals surface area contributed by atoms with Crippen molar-refractivity contribution in [3.05, 3.63) is 84.7 Å². The molecule has 0 bridgehead atoms. The second-order valence-electron chi connectivity index (χ2n) is 7.53. The van der Waals surface area contributed by atoms with Gasteiger partial charge in [-0.3, -0.25) is 4.79 Å². The summed E-state index contributed by atoms with van der Waals surface area (Å²) in [5.74, 6) is 0.538. The summed E-state index contributed by atoms with van der Waals surface area (Å²) < 4.78 is 11.7. The van der Waals surface area contributed by atoms with Gasteiger partial charge in [-0.05, 0) is 47.9 Å². The molecule has 4 rings (SSSR count). The SMILES string of the molecule is C=CCNC(=O)/C=C(\C)c1cc2c(-c3ccc4ccccc4c3)coc2c(C)c1OC. The minimum absolute atomic E-state index is 0.167. The standard InChI is InChI=1S/C27H25NO3/c1-5-12-28-25(29)13-17(2)22-15-23-24(16-31-27(23)18(3)26(22)30-4)21-11-10-19-8-6-7-9-20(19)14-21/h5-11,13-16H,1,12H2,2-4H3,(H,28,29)/b17-13+. The molecule has 0 saturated carbocycles. The Bertz CT molecular complexity index is 1330. The van der Waals surface area contributed by atoms with Crippen LogP contribution in [0.15, 0.2) is 77.9 Å². The minimum atomic E-state index is -0.167. The van der Waals surface area contributed by atoms with Crippen LogP contribution >= 0.6 is 0 Å². The minimum Gasteiger partial charge on any atom is -0.496 e. The molecule has 1 aromatic heterocycles. The summed E-state index contributed by atoms with van der Waals surface area (Å²) in [7, 11) is 1.63. The molecule has 4 nitrogen and oxygen atoms in total. The summed E-state index contributed by atoms with van der Waals surface area (Å²) in [4.78, 5) is 12.2. The third-order valence-corrected chi connectivity index (χ3v) is 5.50. The van der Waals surface area contributed by atoms with Crippen LogP contribution in [-0.2, 0) is 4.79 Å². The number of furan rings is 1. The van der Waals surface area contributed by atoms with Crippen molar-refractivity contribution in [1.82, 2.24) is 5.32 Å². The third-order valence-electron chi connectivity index (χ3n) is 5.50. The van der Waals surface area contributed by atoms with Crippen LogP contribution in [0.2, 0.25) is 0 Å². The van der Waals surface area contributed by atoms with E-state index in [2.05, 4.69) is 42.2 Å². The molecule has 0 aliphatic heterocycles. The van der Waals surface area contributed by atoms with Gasteiger partial charge >= 0.3 is 0 Å². The normalized spacial score (nSPS) is 11.6. The van der Waals surface area contributed by atoms with Crippen molar-refractivity contribution in [2.45, 2.75) is 13.8 Å². The number of hydrogen-bond acceptors (Lipinski definition) is 3. The van der Waals surface area contributed by atoms with Gasteiger partial charge < -0.3 is 14.5 Å². The molecular weight excluding hydrogens is 386 g/mol. The zero-order valence-electron chi connectivity index (χ0n) is 18.0. The molecule has 3 aromatic carbocycles. The second-order valence-corrected chi connectivity index (χ2v) is 7.53. The third kappa shape index (κ3) is 3.84. The number of allylic oxidation sites excluding steroid dienone is 1. The lowest BCUT2D eigenvalue weighted by atomic mass is 9.95. The highest BCUT2D eigenvalue weighted by atomic mass is 16.5. The number of aryl methyl sites for hydroxylation is 1. The van der Waals surface area contributed by atoms with Crippen molar-refractivity contribution >= 4 is 33.2 Å². The number of carbonyl (C=O) groups excluding carboxylic acids is 1. The average Bonchev–Trinajstić information content (AvgIpc) is 3.21. The Labute approximate surface area is 181 Å². The molecule has 156 valence electrons. The zero-order valence-corrected chi connectivity index (χ0v) is 18.0. The molecule has 4 aromatic rings. The Balaban J connectivity index is 1.87. The van der Waals surface area contributed by atoms with E-state index in [1.807, 2.05) is 32.0 Å². The summed E-state index contributed by atoms with van der Waals surface area (Å²) in [5.41, 5.74) is 5.46. The largest absolute Gasteiger partial charge is 0.496 e. The van der Waals surface area contributed by atoms with E-state index in [4.69, 9.17) is 9.15 Å². The van der Waals surface area contributed by atoms with Gasteiger partial charge in [-0.25, -0.2) is 0 Å². The fourth-order valence-corrected chi connectivity index (χ4v) is 3.95. The van der Waals surface area contributed by atoms with Gasteiger partial charge in [0.1, 0.15) is 11.3 Å². The van der Waals surface area contributed by atoms with E-state index >= 15 is 0 Å². The molecular formula is C27H25NO3. The molecule has 0 aliphatic rings. The highest BCUT2D eigenvalue weighted by Crippen LogP contribution is 2.41. The Hall–Kier alpha value is -3.79. The number of hydrogen-bond donors (Lipinski definition) is 1. The lowest BCUT2D eigenvalue weighted by Gasteiger charge is -2.13. The number of rotatable bonds is 6. The van der Waals surface area contributed by atoms with Crippen LogP contribution in [0, 0.1) is 6.92 Å². The lowest BCUT2D eigenvalue weighted by Crippen LogP contribution is -2.20. The van der Waals surface area contributed by atoms with Crippen molar-refractivity contribution in [2.24, 2.45) is 0 Å². The number of ether oxygens (including phenoxy) is 1. The molecule has 1 heterocycles. The molecule has 0 spiro atoms. The average molecular weight is 412 g/mol. The van der Waals surface area contributed by atoms with Crippen molar-refractivity contribution in [2.75, 3.05) is 13.7 Å². The number of benzene rings is 3. The maximum absolute atomic E-state index is 12.2. The first-order valence-electron chi connectivity index (χ1n) is 10.2. The first-order chi connectivity index (χ1) is 15.0. The molecule has 0 aliphatic carbocycles. The Morgan fingerprint density at radius 2 is 1.94 bits per heavy atom. The molecule has 1 amide bonds. The molecule has 0 unspecified atom stereocenters. The van der Waals surface area contributed by atoms with Gasteiger partial charge in [-0.2, -0.15) is 0 Å². The Morgan fingerprint density at radius 1 is 1.16 bits per heavy atom.